The molecular formula is C23H23N3O2. The Bertz CT molecular complexity index is 981. The minimum Gasteiger partial charge on any atom is -0.376 e. The molecule has 3 N–H and O–H groups in total. The van der Waals surface area contributed by atoms with Crippen LogP contribution < -0.4 is 16.0 Å². The number of nitrogens with one attached hydrogen (secondary N) is 3. The lowest BCUT2D eigenvalue weighted by atomic mass is 10.1. The van der Waals surface area contributed by atoms with Crippen LogP contribution in [-0.4, -0.2) is 18.4 Å². The smallest absolute Gasteiger partial charge is 0.257 e. The molecule has 5 nitrogen and oxygen atoms in total. The summed E-state index contributed by atoms with van der Waals surface area (Å²) in [6, 6.07) is 22.3. The van der Waals surface area contributed by atoms with E-state index in [0.717, 1.165) is 22.5 Å². The molecule has 0 heterocycles. The predicted molar refractivity (Wildman–Crippen MR) is 114 cm³/mol. The van der Waals surface area contributed by atoms with E-state index in [4.69, 9.17) is 0 Å². The van der Waals surface area contributed by atoms with Gasteiger partial charge in [-0.3, -0.25) is 9.59 Å². The van der Waals surface area contributed by atoms with Crippen molar-refractivity contribution in [2.45, 2.75) is 13.8 Å². The maximum atomic E-state index is 12.6. The summed E-state index contributed by atoms with van der Waals surface area (Å²) in [7, 11) is 0. The summed E-state index contributed by atoms with van der Waals surface area (Å²) in [5.41, 5.74) is 4.70. The van der Waals surface area contributed by atoms with E-state index in [9.17, 15) is 9.59 Å². The standard InChI is InChI=1S/C23H23N3O2/c1-16-11-13-18(14-12-16)25-23(28)19-8-4-6-10-21(19)24-15-22(27)26-20-9-5-3-7-17(20)2/h3-14,24H,15H2,1-2H3,(H,25,28)(H,26,27). The van der Waals surface area contributed by atoms with Crippen LogP contribution in [0.25, 0.3) is 0 Å². The average Bonchev–Trinajstić information content (AvgIpc) is 2.70. The number of hydrogen-bond acceptors (Lipinski definition) is 3. The molecule has 3 aromatic rings. The summed E-state index contributed by atoms with van der Waals surface area (Å²) in [5, 5.41) is 8.81. The largest absolute Gasteiger partial charge is 0.376 e. The van der Waals surface area contributed by atoms with E-state index in [1.54, 1.807) is 18.2 Å². The second-order valence-corrected chi connectivity index (χ2v) is 6.58. The van der Waals surface area contributed by atoms with Crippen LogP contribution in [-0.2, 0) is 4.79 Å². The van der Waals surface area contributed by atoms with Crippen molar-refractivity contribution in [2.75, 3.05) is 22.5 Å². The van der Waals surface area contributed by atoms with Crippen LogP contribution in [0.2, 0.25) is 0 Å². The third-order valence-electron chi connectivity index (χ3n) is 4.34. The molecule has 0 aromatic heterocycles. The van der Waals surface area contributed by atoms with Gasteiger partial charge in [-0.15, -0.1) is 0 Å². The van der Waals surface area contributed by atoms with Gasteiger partial charge in [-0.05, 0) is 49.7 Å². The van der Waals surface area contributed by atoms with Crippen molar-refractivity contribution in [3.8, 4) is 0 Å². The van der Waals surface area contributed by atoms with Gasteiger partial charge >= 0.3 is 0 Å². The van der Waals surface area contributed by atoms with E-state index in [-0.39, 0.29) is 18.4 Å². The van der Waals surface area contributed by atoms with Crippen molar-refractivity contribution in [1.29, 1.82) is 0 Å². The second-order valence-electron chi connectivity index (χ2n) is 6.58. The molecule has 0 aliphatic rings. The zero-order valence-corrected chi connectivity index (χ0v) is 16.0. The van der Waals surface area contributed by atoms with Gasteiger partial charge in [-0.1, -0.05) is 48.0 Å². The number of carbonyl (C=O) groups excluding carboxylic acids is 2. The van der Waals surface area contributed by atoms with Crippen LogP contribution in [0.5, 0.6) is 0 Å². The predicted octanol–water partition coefficient (Wildman–Crippen LogP) is 4.61. The molecule has 0 atom stereocenters. The highest BCUT2D eigenvalue weighted by Gasteiger charge is 2.12. The molecule has 0 spiro atoms. The first-order valence-corrected chi connectivity index (χ1v) is 9.09. The molecule has 2 amide bonds. The molecule has 0 saturated carbocycles. The highest BCUT2D eigenvalue weighted by molar-refractivity contribution is 6.08. The molecule has 0 saturated heterocycles. The van der Waals surface area contributed by atoms with Gasteiger partial charge in [0, 0.05) is 17.1 Å². The van der Waals surface area contributed by atoms with Gasteiger partial charge in [-0.2, -0.15) is 0 Å². The molecule has 0 radical (unpaired) electrons. The van der Waals surface area contributed by atoms with E-state index in [1.807, 2.05) is 68.4 Å². The lowest BCUT2D eigenvalue weighted by Gasteiger charge is -2.13. The van der Waals surface area contributed by atoms with Gasteiger partial charge in [0.25, 0.3) is 5.91 Å². The number of hydrogen-bond donors (Lipinski definition) is 3. The second kappa shape index (κ2) is 8.86. The first-order chi connectivity index (χ1) is 13.5. The molecule has 0 bridgehead atoms. The van der Waals surface area contributed by atoms with Crippen molar-refractivity contribution >= 4 is 28.9 Å². The minimum atomic E-state index is -0.230. The van der Waals surface area contributed by atoms with Gasteiger partial charge < -0.3 is 16.0 Å². The number of benzene rings is 3. The van der Waals surface area contributed by atoms with E-state index in [0.29, 0.717) is 11.3 Å². The van der Waals surface area contributed by atoms with Crippen molar-refractivity contribution in [1.82, 2.24) is 0 Å². The molecule has 0 aliphatic carbocycles. The summed E-state index contributed by atoms with van der Waals surface area (Å²) in [4.78, 5) is 24.9. The van der Waals surface area contributed by atoms with Crippen LogP contribution >= 0.6 is 0 Å². The number of aryl methyl sites for hydroxylation is 2. The van der Waals surface area contributed by atoms with Gasteiger partial charge in [-0.25, -0.2) is 0 Å². The average molecular weight is 373 g/mol. The maximum absolute atomic E-state index is 12.6. The molecule has 3 rings (SSSR count). The normalized spacial score (nSPS) is 10.2. The van der Waals surface area contributed by atoms with Crippen molar-refractivity contribution in [3.05, 3.63) is 89.5 Å². The SMILES string of the molecule is Cc1ccc(NC(=O)c2ccccc2NCC(=O)Nc2ccccc2C)cc1. The fraction of sp³-hybridized carbons (Fsp3) is 0.130. The number of carbonyl (C=O) groups is 2. The quantitative estimate of drug-likeness (QED) is 0.591. The lowest BCUT2D eigenvalue weighted by Crippen LogP contribution is -2.23. The highest BCUT2D eigenvalue weighted by atomic mass is 16.2. The Labute approximate surface area is 164 Å². The van der Waals surface area contributed by atoms with Gasteiger partial charge in [0.05, 0.1) is 12.1 Å². The minimum absolute atomic E-state index is 0.0587. The Morgan fingerprint density at radius 1 is 0.750 bits per heavy atom. The van der Waals surface area contributed by atoms with Gasteiger partial charge in [0.1, 0.15) is 0 Å². The summed E-state index contributed by atoms with van der Waals surface area (Å²) < 4.78 is 0. The lowest BCUT2D eigenvalue weighted by molar-refractivity contribution is -0.114. The Hall–Kier alpha value is -3.60. The molecule has 0 aliphatic heterocycles. The number of rotatable bonds is 6. The highest BCUT2D eigenvalue weighted by Crippen LogP contribution is 2.18. The van der Waals surface area contributed by atoms with E-state index in [1.165, 1.54) is 0 Å². The van der Waals surface area contributed by atoms with Crippen molar-refractivity contribution in [3.63, 3.8) is 0 Å². The Morgan fingerprint density at radius 2 is 1.39 bits per heavy atom. The first kappa shape index (κ1) is 19.2. The molecule has 0 unspecified atom stereocenters. The topological polar surface area (TPSA) is 70.2 Å². The third-order valence-corrected chi connectivity index (χ3v) is 4.34. The number of amides is 2. The van der Waals surface area contributed by atoms with E-state index >= 15 is 0 Å². The van der Waals surface area contributed by atoms with Crippen LogP contribution in [0.4, 0.5) is 17.1 Å². The maximum Gasteiger partial charge on any atom is 0.257 e. The Balaban J connectivity index is 1.65. The van der Waals surface area contributed by atoms with Gasteiger partial charge in [0.15, 0.2) is 0 Å². The molecular weight excluding hydrogens is 350 g/mol. The Morgan fingerprint density at radius 3 is 2.11 bits per heavy atom. The Kier molecular flexibility index (Phi) is 6.07. The van der Waals surface area contributed by atoms with Crippen molar-refractivity contribution in [2.24, 2.45) is 0 Å². The molecule has 142 valence electrons. The summed E-state index contributed by atoms with van der Waals surface area (Å²) in [5.74, 6) is -0.408. The van der Waals surface area contributed by atoms with E-state index < -0.39 is 0 Å². The van der Waals surface area contributed by atoms with Crippen LogP contribution in [0.3, 0.4) is 0 Å². The zero-order valence-electron chi connectivity index (χ0n) is 16.0. The van der Waals surface area contributed by atoms with Crippen molar-refractivity contribution < 1.29 is 9.59 Å². The van der Waals surface area contributed by atoms with E-state index in [2.05, 4.69) is 16.0 Å². The molecule has 28 heavy (non-hydrogen) atoms. The van der Waals surface area contributed by atoms with Crippen LogP contribution in [0.15, 0.2) is 72.8 Å². The number of para-hydroxylation sites is 2. The monoisotopic (exact) mass is 373 g/mol. The third kappa shape index (κ3) is 4.98. The molecule has 0 fully saturated rings. The summed E-state index contributed by atoms with van der Waals surface area (Å²) in [6.45, 7) is 3.99. The molecule has 5 heteroatoms. The fourth-order valence-corrected chi connectivity index (χ4v) is 2.75. The summed E-state index contributed by atoms with van der Waals surface area (Å²) in [6.07, 6.45) is 0. The molecule has 3 aromatic carbocycles. The summed E-state index contributed by atoms with van der Waals surface area (Å²) >= 11 is 0. The van der Waals surface area contributed by atoms with Crippen LogP contribution in [0.1, 0.15) is 21.5 Å². The zero-order chi connectivity index (χ0) is 19.9. The van der Waals surface area contributed by atoms with Gasteiger partial charge in [0.2, 0.25) is 5.91 Å². The number of anilines is 3. The first-order valence-electron chi connectivity index (χ1n) is 9.09. The fourth-order valence-electron chi connectivity index (χ4n) is 2.75. The van der Waals surface area contributed by atoms with Crippen LogP contribution in [0, 0.1) is 13.8 Å².